The normalized spacial score (nSPS) is 14.5. The number of anilines is 1. The van der Waals surface area contributed by atoms with E-state index < -0.39 is 0 Å². The van der Waals surface area contributed by atoms with Crippen molar-refractivity contribution < 1.29 is 4.39 Å². The molecular formula is C15H26FN3. The topological polar surface area (TPSA) is 32.5 Å². The van der Waals surface area contributed by atoms with Crippen LogP contribution >= 0.6 is 0 Å². The van der Waals surface area contributed by atoms with E-state index in [1.807, 2.05) is 40.1 Å². The Bertz CT molecular complexity index is 404. The highest BCUT2D eigenvalue weighted by Gasteiger charge is 2.17. The molecule has 0 saturated carbocycles. The summed E-state index contributed by atoms with van der Waals surface area (Å²) in [5.41, 5.74) is 7.27. The van der Waals surface area contributed by atoms with Gasteiger partial charge < -0.3 is 15.5 Å². The van der Waals surface area contributed by atoms with Crippen molar-refractivity contribution >= 4 is 5.69 Å². The molecule has 2 N–H and O–H groups in total. The van der Waals surface area contributed by atoms with Crippen LogP contribution in [-0.2, 0) is 0 Å². The largest absolute Gasteiger partial charge is 0.365 e. The molecule has 3 nitrogen and oxygen atoms in total. The highest BCUT2D eigenvalue weighted by Crippen LogP contribution is 2.24. The van der Waals surface area contributed by atoms with E-state index in [1.54, 1.807) is 6.07 Å². The first-order chi connectivity index (χ1) is 8.86. The minimum atomic E-state index is -0.192. The van der Waals surface area contributed by atoms with Gasteiger partial charge in [-0.1, -0.05) is 6.07 Å². The summed E-state index contributed by atoms with van der Waals surface area (Å²) >= 11 is 0. The van der Waals surface area contributed by atoms with E-state index in [2.05, 4.69) is 16.7 Å². The molecule has 0 amide bonds. The van der Waals surface area contributed by atoms with Crippen LogP contribution in [0.25, 0.3) is 0 Å². The summed E-state index contributed by atoms with van der Waals surface area (Å²) in [4.78, 5) is 4.20. The summed E-state index contributed by atoms with van der Waals surface area (Å²) in [6.45, 7) is 7.69. The maximum Gasteiger partial charge on any atom is 0.146 e. The number of rotatable bonds is 6. The smallest absolute Gasteiger partial charge is 0.146 e. The van der Waals surface area contributed by atoms with Crippen LogP contribution in [0.4, 0.5) is 10.1 Å². The van der Waals surface area contributed by atoms with Gasteiger partial charge in [0.05, 0.1) is 5.69 Å². The number of halogens is 1. The summed E-state index contributed by atoms with van der Waals surface area (Å²) in [6, 6.07) is 5.41. The molecule has 0 aliphatic carbocycles. The van der Waals surface area contributed by atoms with Gasteiger partial charge in [0.1, 0.15) is 5.82 Å². The van der Waals surface area contributed by atoms with Crippen LogP contribution in [0.2, 0.25) is 0 Å². The third kappa shape index (κ3) is 4.18. The molecule has 2 atom stereocenters. The first-order valence-corrected chi connectivity index (χ1v) is 6.83. The lowest BCUT2D eigenvalue weighted by atomic mass is 10.1. The maximum atomic E-state index is 14.2. The molecule has 0 aliphatic heterocycles. The minimum Gasteiger partial charge on any atom is -0.365 e. The number of nitrogens with zero attached hydrogens (tertiary/aromatic N) is 2. The molecule has 0 spiro atoms. The van der Waals surface area contributed by atoms with E-state index in [9.17, 15) is 4.39 Å². The highest BCUT2D eigenvalue weighted by molar-refractivity contribution is 5.50. The first kappa shape index (κ1) is 15.9. The Kier molecular flexibility index (Phi) is 5.76. The van der Waals surface area contributed by atoms with Crippen molar-refractivity contribution in [1.82, 2.24) is 4.90 Å². The molecule has 0 radical (unpaired) electrons. The number of hydrogen-bond donors (Lipinski definition) is 1. The summed E-state index contributed by atoms with van der Waals surface area (Å²) in [7, 11) is 4.06. The fraction of sp³-hybridized carbons (Fsp3) is 0.600. The van der Waals surface area contributed by atoms with E-state index in [0.717, 1.165) is 18.7 Å². The second kappa shape index (κ2) is 6.87. The highest BCUT2D eigenvalue weighted by atomic mass is 19.1. The van der Waals surface area contributed by atoms with Gasteiger partial charge in [-0.2, -0.15) is 0 Å². The fourth-order valence-electron chi connectivity index (χ4n) is 2.39. The standard InChI is InChI=1S/C15H26FN3/c1-6-19(11(2)10-18(4)5)15-8-7-13(12(3)17)9-14(15)16/h7-9,11-12H,6,10,17H2,1-5H3. The number of hydrogen-bond acceptors (Lipinski definition) is 3. The van der Waals surface area contributed by atoms with Crippen LogP contribution in [0.3, 0.4) is 0 Å². The minimum absolute atomic E-state index is 0.141. The Morgan fingerprint density at radius 1 is 1.26 bits per heavy atom. The zero-order valence-corrected chi connectivity index (χ0v) is 12.7. The van der Waals surface area contributed by atoms with Crippen molar-refractivity contribution in [3.63, 3.8) is 0 Å². The van der Waals surface area contributed by atoms with Gasteiger partial charge in [-0.15, -0.1) is 0 Å². The molecule has 4 heteroatoms. The van der Waals surface area contributed by atoms with Crippen LogP contribution in [0, 0.1) is 5.82 Å². The van der Waals surface area contributed by atoms with Gasteiger partial charge in [0.25, 0.3) is 0 Å². The second-order valence-corrected chi connectivity index (χ2v) is 5.40. The van der Waals surface area contributed by atoms with E-state index >= 15 is 0 Å². The van der Waals surface area contributed by atoms with Gasteiger partial charge in [0, 0.05) is 25.2 Å². The van der Waals surface area contributed by atoms with Gasteiger partial charge in [0.2, 0.25) is 0 Å². The summed E-state index contributed by atoms with van der Waals surface area (Å²) < 4.78 is 14.2. The quantitative estimate of drug-likeness (QED) is 0.860. The zero-order chi connectivity index (χ0) is 14.6. The van der Waals surface area contributed by atoms with Gasteiger partial charge in [-0.25, -0.2) is 4.39 Å². The number of nitrogens with two attached hydrogens (primary N) is 1. The van der Waals surface area contributed by atoms with Crippen LogP contribution in [0.15, 0.2) is 18.2 Å². The van der Waals surface area contributed by atoms with Gasteiger partial charge in [-0.3, -0.25) is 0 Å². The number of likely N-dealkylation sites (N-methyl/N-ethyl adjacent to an activating group) is 2. The average Bonchev–Trinajstić information content (AvgIpc) is 2.30. The van der Waals surface area contributed by atoms with Crippen LogP contribution in [-0.4, -0.2) is 38.1 Å². The predicted octanol–water partition coefficient (Wildman–Crippen LogP) is 2.62. The first-order valence-electron chi connectivity index (χ1n) is 6.83. The summed E-state index contributed by atoms with van der Waals surface area (Å²) in [5, 5.41) is 0. The van der Waals surface area contributed by atoms with Gasteiger partial charge in [0.15, 0.2) is 0 Å². The molecule has 1 aromatic carbocycles. The lowest BCUT2D eigenvalue weighted by Crippen LogP contribution is -2.40. The molecule has 0 bridgehead atoms. The van der Waals surface area contributed by atoms with E-state index in [0.29, 0.717) is 5.69 Å². The van der Waals surface area contributed by atoms with E-state index in [-0.39, 0.29) is 17.9 Å². The Morgan fingerprint density at radius 2 is 1.89 bits per heavy atom. The summed E-state index contributed by atoms with van der Waals surface area (Å²) in [6.07, 6.45) is 0. The van der Waals surface area contributed by atoms with Gasteiger partial charge in [-0.05, 0) is 52.6 Å². The van der Waals surface area contributed by atoms with Crippen molar-refractivity contribution in [2.75, 3.05) is 32.1 Å². The summed E-state index contributed by atoms with van der Waals surface area (Å²) in [5.74, 6) is -0.192. The molecule has 0 aliphatic rings. The Morgan fingerprint density at radius 3 is 2.32 bits per heavy atom. The molecule has 1 rings (SSSR count). The third-order valence-electron chi connectivity index (χ3n) is 3.31. The molecule has 0 aromatic heterocycles. The van der Waals surface area contributed by atoms with Crippen molar-refractivity contribution in [2.45, 2.75) is 32.9 Å². The van der Waals surface area contributed by atoms with Crippen LogP contribution in [0.1, 0.15) is 32.4 Å². The molecule has 1 aromatic rings. The predicted molar refractivity (Wildman–Crippen MR) is 80.0 cm³/mol. The van der Waals surface area contributed by atoms with E-state index in [4.69, 9.17) is 5.73 Å². The second-order valence-electron chi connectivity index (χ2n) is 5.40. The molecular weight excluding hydrogens is 241 g/mol. The Labute approximate surface area is 116 Å². The van der Waals surface area contributed by atoms with Crippen molar-refractivity contribution in [3.05, 3.63) is 29.6 Å². The molecule has 0 saturated heterocycles. The fourth-order valence-corrected chi connectivity index (χ4v) is 2.39. The molecule has 2 unspecified atom stereocenters. The van der Waals surface area contributed by atoms with Gasteiger partial charge >= 0.3 is 0 Å². The Hall–Kier alpha value is -1.13. The van der Waals surface area contributed by atoms with Crippen LogP contribution in [0.5, 0.6) is 0 Å². The van der Waals surface area contributed by atoms with Crippen molar-refractivity contribution in [3.8, 4) is 0 Å². The van der Waals surface area contributed by atoms with E-state index in [1.165, 1.54) is 0 Å². The van der Waals surface area contributed by atoms with Crippen LogP contribution < -0.4 is 10.6 Å². The average molecular weight is 267 g/mol. The SMILES string of the molecule is CCN(c1ccc(C(C)N)cc1F)C(C)CN(C)C. The monoisotopic (exact) mass is 267 g/mol. The molecule has 19 heavy (non-hydrogen) atoms. The van der Waals surface area contributed by atoms with Crippen molar-refractivity contribution in [1.29, 1.82) is 0 Å². The molecule has 108 valence electrons. The lowest BCUT2D eigenvalue weighted by molar-refractivity contribution is 0.371. The number of benzene rings is 1. The zero-order valence-electron chi connectivity index (χ0n) is 12.7. The van der Waals surface area contributed by atoms with Crippen molar-refractivity contribution in [2.24, 2.45) is 5.73 Å². The Balaban J connectivity index is 2.98. The molecule has 0 heterocycles. The molecule has 0 fully saturated rings. The lowest BCUT2D eigenvalue weighted by Gasteiger charge is -2.32. The third-order valence-corrected chi connectivity index (χ3v) is 3.31. The maximum absolute atomic E-state index is 14.2.